The Morgan fingerprint density at radius 3 is 1.79 bits per heavy atom. The topological polar surface area (TPSA) is 140 Å². The van der Waals surface area contributed by atoms with Crippen LogP contribution in [-0.4, -0.2) is 46.5 Å². The minimum absolute atomic E-state index is 0.177. The second-order valence-electron chi connectivity index (χ2n) is 5.91. The van der Waals surface area contributed by atoms with Gasteiger partial charge in [0.25, 0.3) is 0 Å². The molecule has 4 amide bonds. The first-order valence-corrected chi connectivity index (χ1v) is 10.4. The van der Waals surface area contributed by atoms with Gasteiger partial charge in [0, 0.05) is 37.4 Å². The molecular formula is C19H25N5O4S. The fourth-order valence-electron chi connectivity index (χ4n) is 2.02. The molecule has 2 aromatic carbocycles. The number of amides is 4. The smallest absolute Gasteiger partial charge is 0.318 e. The minimum Gasteiger partial charge on any atom is -0.341 e. The predicted molar refractivity (Wildman–Crippen MR) is 115 cm³/mol. The van der Waals surface area contributed by atoms with E-state index in [1.807, 2.05) is 6.07 Å². The average Bonchev–Trinajstić information content (AvgIpc) is 2.68. The molecule has 0 saturated carbocycles. The van der Waals surface area contributed by atoms with Crippen LogP contribution < -0.4 is 21.3 Å². The van der Waals surface area contributed by atoms with Crippen molar-refractivity contribution in [3.63, 3.8) is 0 Å². The summed E-state index contributed by atoms with van der Waals surface area (Å²) in [6.45, 7) is 1.71. The Kier molecular flexibility index (Phi) is 8.81. The van der Waals surface area contributed by atoms with Gasteiger partial charge in [0.2, 0.25) is 0 Å². The highest BCUT2D eigenvalue weighted by atomic mass is 32.2. The first kappa shape index (κ1) is 23.6. The lowest BCUT2D eigenvalue weighted by atomic mass is 10.1. The largest absolute Gasteiger partial charge is 0.341 e. The summed E-state index contributed by atoms with van der Waals surface area (Å²) in [6, 6.07) is 12.6. The molecule has 0 aliphatic rings. The van der Waals surface area contributed by atoms with E-state index in [9.17, 15) is 18.0 Å². The minimum atomic E-state index is -3.24. The predicted octanol–water partition coefficient (Wildman–Crippen LogP) is 2.67. The van der Waals surface area contributed by atoms with Crippen LogP contribution in [0.1, 0.15) is 12.5 Å². The fourth-order valence-corrected chi connectivity index (χ4v) is 2.69. The van der Waals surface area contributed by atoms with Crippen LogP contribution in [0.5, 0.6) is 0 Å². The van der Waals surface area contributed by atoms with E-state index in [2.05, 4.69) is 21.3 Å². The van der Waals surface area contributed by atoms with Crippen LogP contribution in [0, 0.1) is 5.41 Å². The third-order valence-electron chi connectivity index (χ3n) is 3.53. The van der Waals surface area contributed by atoms with E-state index in [0.717, 1.165) is 11.8 Å². The number of sulfone groups is 1. The van der Waals surface area contributed by atoms with Crippen molar-refractivity contribution in [1.29, 1.82) is 5.41 Å². The molecule has 0 saturated heterocycles. The molecule has 0 aliphatic heterocycles. The third-order valence-corrected chi connectivity index (χ3v) is 4.64. The van der Waals surface area contributed by atoms with Gasteiger partial charge in [0.1, 0.15) is 0 Å². The Labute approximate surface area is 170 Å². The Balaban J connectivity index is 0.000000291. The van der Waals surface area contributed by atoms with Crippen LogP contribution in [0.3, 0.4) is 0 Å². The van der Waals surface area contributed by atoms with E-state index in [-0.39, 0.29) is 17.0 Å². The second kappa shape index (κ2) is 10.8. The number of rotatable bonds is 4. The van der Waals surface area contributed by atoms with Crippen LogP contribution >= 0.6 is 0 Å². The maximum absolute atomic E-state index is 11.2. The number of hydrogen-bond acceptors (Lipinski definition) is 5. The zero-order chi connectivity index (χ0) is 22.0. The Bertz CT molecular complexity index is 990. The number of urea groups is 2. The van der Waals surface area contributed by atoms with Crippen LogP contribution in [0.4, 0.5) is 21.0 Å². The van der Waals surface area contributed by atoms with Crippen LogP contribution in [0.15, 0.2) is 53.4 Å². The molecule has 5 N–H and O–H groups in total. The number of hydrogen-bond donors (Lipinski definition) is 5. The monoisotopic (exact) mass is 419 g/mol. The highest BCUT2D eigenvalue weighted by Gasteiger charge is 2.08. The molecule has 2 aromatic rings. The summed E-state index contributed by atoms with van der Waals surface area (Å²) in [4.78, 5) is 22.1. The van der Waals surface area contributed by atoms with E-state index in [1.54, 1.807) is 44.3 Å². The Hall–Kier alpha value is -3.40. The maximum Gasteiger partial charge on any atom is 0.318 e. The van der Waals surface area contributed by atoms with Gasteiger partial charge in [-0.1, -0.05) is 18.2 Å². The summed E-state index contributed by atoms with van der Waals surface area (Å²) >= 11 is 0. The number of carbonyl (C=O) groups excluding carboxylic acids is 2. The summed E-state index contributed by atoms with van der Waals surface area (Å²) < 4.78 is 22.4. The molecule has 0 radical (unpaired) electrons. The molecule has 0 fully saturated rings. The van der Waals surface area contributed by atoms with Gasteiger partial charge < -0.3 is 26.7 Å². The van der Waals surface area contributed by atoms with Gasteiger partial charge in [-0.15, -0.1) is 0 Å². The summed E-state index contributed by atoms with van der Waals surface area (Å²) in [5, 5.41) is 17.4. The summed E-state index contributed by atoms with van der Waals surface area (Å²) in [6.07, 6.45) is 1.12. The van der Waals surface area contributed by atoms with Crippen molar-refractivity contribution in [3.05, 3.63) is 54.1 Å². The molecule has 0 spiro atoms. The zero-order valence-electron chi connectivity index (χ0n) is 16.7. The van der Waals surface area contributed by atoms with E-state index >= 15 is 0 Å². The standard InChI is InChI=1S/C10H13N3O.C9H12N2O3S/c1-7(11)8-4-3-5-9(6-8)13-10(14)12-2;1-10-9(12)11-7-4-3-5-8(6-7)15(2,13)14/h3-6,11H,1-2H3,(H2,12,13,14);3-6H,1-2H3,(H2,10,11,12). The van der Waals surface area contributed by atoms with E-state index in [1.165, 1.54) is 19.2 Å². The second-order valence-corrected chi connectivity index (χ2v) is 7.93. The first-order valence-electron chi connectivity index (χ1n) is 8.50. The molecule has 0 unspecified atom stereocenters. The van der Waals surface area contributed by atoms with Crippen molar-refractivity contribution in [2.75, 3.05) is 31.0 Å². The van der Waals surface area contributed by atoms with Crippen molar-refractivity contribution in [3.8, 4) is 0 Å². The van der Waals surface area contributed by atoms with Gasteiger partial charge in [-0.2, -0.15) is 0 Å². The average molecular weight is 420 g/mol. The molecule has 156 valence electrons. The number of carbonyl (C=O) groups is 2. The van der Waals surface area contributed by atoms with Crippen molar-refractivity contribution < 1.29 is 18.0 Å². The molecule has 9 nitrogen and oxygen atoms in total. The fraction of sp³-hybridized carbons (Fsp3) is 0.211. The summed E-state index contributed by atoms with van der Waals surface area (Å²) in [5.41, 5.74) is 2.41. The molecule has 0 aliphatic carbocycles. The van der Waals surface area contributed by atoms with Gasteiger partial charge in [0.15, 0.2) is 9.84 Å². The number of anilines is 2. The molecule has 0 heterocycles. The van der Waals surface area contributed by atoms with Crippen molar-refractivity contribution in [1.82, 2.24) is 10.6 Å². The molecule has 2 rings (SSSR count). The van der Waals surface area contributed by atoms with Gasteiger partial charge in [0.05, 0.1) is 4.90 Å². The summed E-state index contributed by atoms with van der Waals surface area (Å²) in [5.74, 6) is 0. The Morgan fingerprint density at radius 1 is 0.862 bits per heavy atom. The molecular weight excluding hydrogens is 394 g/mol. The molecule has 10 heteroatoms. The highest BCUT2D eigenvalue weighted by molar-refractivity contribution is 7.90. The Morgan fingerprint density at radius 2 is 1.34 bits per heavy atom. The van der Waals surface area contributed by atoms with E-state index in [0.29, 0.717) is 17.1 Å². The number of benzene rings is 2. The van der Waals surface area contributed by atoms with E-state index < -0.39 is 9.84 Å². The van der Waals surface area contributed by atoms with Gasteiger partial charge in [-0.05, 0) is 42.8 Å². The van der Waals surface area contributed by atoms with Crippen LogP contribution in [0.25, 0.3) is 0 Å². The summed E-state index contributed by atoms with van der Waals surface area (Å²) in [7, 11) is -0.201. The first-order chi connectivity index (χ1) is 13.6. The van der Waals surface area contributed by atoms with Crippen molar-refractivity contribution >= 4 is 39.0 Å². The number of nitrogens with one attached hydrogen (secondary N) is 5. The van der Waals surface area contributed by atoms with Crippen LogP contribution in [0.2, 0.25) is 0 Å². The van der Waals surface area contributed by atoms with Gasteiger partial charge in [-0.25, -0.2) is 18.0 Å². The maximum atomic E-state index is 11.2. The molecule has 0 aromatic heterocycles. The van der Waals surface area contributed by atoms with Crippen LogP contribution in [-0.2, 0) is 9.84 Å². The highest BCUT2D eigenvalue weighted by Crippen LogP contribution is 2.15. The van der Waals surface area contributed by atoms with Crippen molar-refractivity contribution in [2.24, 2.45) is 0 Å². The van der Waals surface area contributed by atoms with Crippen molar-refractivity contribution in [2.45, 2.75) is 11.8 Å². The lowest BCUT2D eigenvalue weighted by Gasteiger charge is -2.05. The van der Waals surface area contributed by atoms with Gasteiger partial charge in [-0.3, -0.25) is 0 Å². The lowest BCUT2D eigenvalue weighted by molar-refractivity contribution is 0.253. The normalized spacial score (nSPS) is 10.1. The molecule has 0 atom stereocenters. The molecule has 0 bridgehead atoms. The third kappa shape index (κ3) is 8.43. The van der Waals surface area contributed by atoms with E-state index in [4.69, 9.17) is 5.41 Å². The van der Waals surface area contributed by atoms with Gasteiger partial charge >= 0.3 is 12.1 Å². The lowest BCUT2D eigenvalue weighted by Crippen LogP contribution is -2.24. The zero-order valence-corrected chi connectivity index (χ0v) is 17.5. The SMILES string of the molecule is CNC(=O)Nc1cccc(C(C)=N)c1.CNC(=O)Nc1cccc(S(C)(=O)=O)c1. The molecule has 29 heavy (non-hydrogen) atoms. The quantitative estimate of drug-likeness (QED) is 0.486.